The second kappa shape index (κ2) is 8.06. The fraction of sp³-hybridized carbons (Fsp3) is 0.263. The van der Waals surface area contributed by atoms with Crippen molar-refractivity contribution in [2.24, 2.45) is 0 Å². The number of nitrogens with zero attached hydrogens (tertiary/aromatic N) is 1. The summed E-state index contributed by atoms with van der Waals surface area (Å²) in [6, 6.07) is 12.1. The van der Waals surface area contributed by atoms with Crippen molar-refractivity contribution in [1.29, 1.82) is 5.26 Å². The van der Waals surface area contributed by atoms with E-state index in [1.807, 2.05) is 19.1 Å². The summed E-state index contributed by atoms with van der Waals surface area (Å²) in [7, 11) is 4.51. The normalized spacial score (nSPS) is 11.2. The van der Waals surface area contributed by atoms with E-state index in [2.05, 4.69) is 11.4 Å². The minimum absolute atomic E-state index is 0.238. The summed E-state index contributed by atoms with van der Waals surface area (Å²) in [5.74, 6) is 1.02. The van der Waals surface area contributed by atoms with Crippen LogP contribution in [-0.2, 0) is 0 Å². The molecule has 6 heteroatoms. The van der Waals surface area contributed by atoms with Crippen molar-refractivity contribution < 1.29 is 19.0 Å². The molecule has 2 aromatic carbocycles. The number of ether oxygens (including phenoxy) is 3. The lowest BCUT2D eigenvalue weighted by molar-refractivity contribution is 0.0936. The predicted molar refractivity (Wildman–Crippen MR) is 93.1 cm³/mol. The lowest BCUT2D eigenvalue weighted by atomic mass is 10.1. The smallest absolute Gasteiger partial charge is 0.255 e. The van der Waals surface area contributed by atoms with Crippen LogP contribution in [0.3, 0.4) is 0 Å². The maximum absolute atomic E-state index is 12.7. The van der Waals surface area contributed by atoms with E-state index < -0.39 is 0 Å². The van der Waals surface area contributed by atoms with Gasteiger partial charge in [-0.25, -0.2) is 0 Å². The van der Waals surface area contributed by atoms with Gasteiger partial charge < -0.3 is 19.5 Å². The standard InChI is InChI=1S/C19H20N2O4/c1-12(14-7-5-13(11-20)6-8-14)21-19(22)15-9-17(24-3)18(25-4)10-16(15)23-2/h5-10,12H,1-4H3,(H,21,22). The molecule has 0 aliphatic rings. The fourth-order valence-corrected chi connectivity index (χ4v) is 2.41. The quantitative estimate of drug-likeness (QED) is 0.874. The Morgan fingerprint density at radius 2 is 1.56 bits per heavy atom. The van der Waals surface area contributed by atoms with Gasteiger partial charge in [0.1, 0.15) is 5.75 Å². The lowest BCUT2D eigenvalue weighted by Crippen LogP contribution is -2.27. The van der Waals surface area contributed by atoms with E-state index in [9.17, 15) is 4.79 Å². The van der Waals surface area contributed by atoms with Gasteiger partial charge in [0.05, 0.1) is 44.6 Å². The van der Waals surface area contributed by atoms with Crippen LogP contribution in [0.25, 0.3) is 0 Å². The van der Waals surface area contributed by atoms with E-state index >= 15 is 0 Å². The maximum Gasteiger partial charge on any atom is 0.255 e. The summed E-state index contributed by atoms with van der Waals surface area (Å²) in [5.41, 5.74) is 1.82. The van der Waals surface area contributed by atoms with Crippen molar-refractivity contribution in [3.05, 3.63) is 53.1 Å². The first kappa shape index (κ1) is 18.1. The highest BCUT2D eigenvalue weighted by atomic mass is 16.5. The van der Waals surface area contributed by atoms with E-state index in [-0.39, 0.29) is 11.9 Å². The Hall–Kier alpha value is -3.20. The first-order chi connectivity index (χ1) is 12.0. The number of carbonyl (C=O) groups excluding carboxylic acids is 1. The Kier molecular flexibility index (Phi) is 5.85. The SMILES string of the molecule is COc1cc(OC)c(C(=O)NC(C)c2ccc(C#N)cc2)cc1OC. The number of carbonyl (C=O) groups is 1. The summed E-state index contributed by atoms with van der Waals surface area (Å²) in [5, 5.41) is 11.8. The van der Waals surface area contributed by atoms with E-state index in [0.717, 1.165) is 5.56 Å². The second-order valence-corrected chi connectivity index (χ2v) is 5.34. The number of nitriles is 1. The van der Waals surface area contributed by atoms with Crippen LogP contribution in [0.4, 0.5) is 0 Å². The van der Waals surface area contributed by atoms with Gasteiger partial charge in [-0.3, -0.25) is 4.79 Å². The van der Waals surface area contributed by atoms with Gasteiger partial charge in [0.2, 0.25) is 0 Å². The number of hydrogen-bond donors (Lipinski definition) is 1. The molecule has 1 N–H and O–H groups in total. The monoisotopic (exact) mass is 340 g/mol. The van der Waals surface area contributed by atoms with Gasteiger partial charge in [-0.1, -0.05) is 12.1 Å². The van der Waals surface area contributed by atoms with Gasteiger partial charge in [-0.2, -0.15) is 5.26 Å². The Labute approximate surface area is 146 Å². The summed E-state index contributed by atoms with van der Waals surface area (Å²) in [6.45, 7) is 1.87. The van der Waals surface area contributed by atoms with Crippen LogP contribution in [-0.4, -0.2) is 27.2 Å². The van der Waals surface area contributed by atoms with E-state index in [0.29, 0.717) is 28.4 Å². The predicted octanol–water partition coefficient (Wildman–Crippen LogP) is 3.08. The lowest BCUT2D eigenvalue weighted by Gasteiger charge is -2.17. The summed E-state index contributed by atoms with van der Waals surface area (Å²) in [6.07, 6.45) is 0. The molecule has 25 heavy (non-hydrogen) atoms. The third-order valence-corrected chi connectivity index (χ3v) is 3.84. The van der Waals surface area contributed by atoms with Crippen molar-refractivity contribution in [2.75, 3.05) is 21.3 Å². The number of benzene rings is 2. The summed E-state index contributed by atoms with van der Waals surface area (Å²) < 4.78 is 15.8. The molecule has 0 heterocycles. The molecule has 1 amide bonds. The fourth-order valence-electron chi connectivity index (χ4n) is 2.41. The molecular formula is C19H20N2O4. The topological polar surface area (TPSA) is 80.6 Å². The maximum atomic E-state index is 12.7. The van der Waals surface area contributed by atoms with Crippen LogP contribution in [0.5, 0.6) is 17.2 Å². The molecular weight excluding hydrogens is 320 g/mol. The number of methoxy groups -OCH3 is 3. The van der Waals surface area contributed by atoms with Crippen molar-refractivity contribution in [3.8, 4) is 23.3 Å². The molecule has 0 aliphatic carbocycles. The first-order valence-electron chi connectivity index (χ1n) is 7.65. The van der Waals surface area contributed by atoms with Crippen LogP contribution >= 0.6 is 0 Å². The third kappa shape index (κ3) is 4.01. The van der Waals surface area contributed by atoms with Gasteiger partial charge in [-0.05, 0) is 24.6 Å². The minimum atomic E-state index is -0.297. The number of amides is 1. The molecule has 0 fully saturated rings. The van der Waals surface area contributed by atoms with Crippen molar-refractivity contribution >= 4 is 5.91 Å². The Balaban J connectivity index is 2.25. The second-order valence-electron chi connectivity index (χ2n) is 5.34. The molecule has 2 aromatic rings. The Morgan fingerprint density at radius 1 is 1.00 bits per heavy atom. The zero-order chi connectivity index (χ0) is 18.4. The third-order valence-electron chi connectivity index (χ3n) is 3.84. The van der Waals surface area contributed by atoms with Gasteiger partial charge >= 0.3 is 0 Å². The molecule has 6 nitrogen and oxygen atoms in total. The van der Waals surface area contributed by atoms with Gasteiger partial charge in [0, 0.05) is 12.1 Å². The van der Waals surface area contributed by atoms with Crippen molar-refractivity contribution in [2.45, 2.75) is 13.0 Å². The average Bonchev–Trinajstić information content (AvgIpc) is 2.66. The molecule has 1 unspecified atom stereocenters. The van der Waals surface area contributed by atoms with E-state index in [1.165, 1.54) is 21.3 Å². The van der Waals surface area contributed by atoms with Crippen LogP contribution in [0.15, 0.2) is 36.4 Å². The van der Waals surface area contributed by atoms with Crippen LogP contribution < -0.4 is 19.5 Å². The molecule has 0 saturated heterocycles. The summed E-state index contributed by atoms with van der Waals surface area (Å²) >= 11 is 0. The van der Waals surface area contributed by atoms with Gasteiger partial charge in [0.15, 0.2) is 11.5 Å². The van der Waals surface area contributed by atoms with Gasteiger partial charge in [-0.15, -0.1) is 0 Å². The zero-order valence-corrected chi connectivity index (χ0v) is 14.6. The summed E-state index contributed by atoms with van der Waals surface area (Å²) in [4.78, 5) is 12.7. The number of nitrogens with one attached hydrogen (secondary N) is 1. The van der Waals surface area contributed by atoms with E-state index in [4.69, 9.17) is 19.5 Å². The van der Waals surface area contributed by atoms with Crippen LogP contribution in [0.1, 0.15) is 34.5 Å². The molecule has 0 saturated carbocycles. The molecule has 0 spiro atoms. The molecule has 1 atom stereocenters. The zero-order valence-electron chi connectivity index (χ0n) is 14.6. The Morgan fingerprint density at radius 3 is 2.08 bits per heavy atom. The van der Waals surface area contributed by atoms with Gasteiger partial charge in [0.25, 0.3) is 5.91 Å². The molecule has 0 radical (unpaired) electrons. The average molecular weight is 340 g/mol. The largest absolute Gasteiger partial charge is 0.496 e. The van der Waals surface area contributed by atoms with Crippen molar-refractivity contribution in [1.82, 2.24) is 5.32 Å². The molecule has 130 valence electrons. The van der Waals surface area contributed by atoms with Crippen molar-refractivity contribution in [3.63, 3.8) is 0 Å². The first-order valence-corrected chi connectivity index (χ1v) is 7.65. The minimum Gasteiger partial charge on any atom is -0.496 e. The number of rotatable bonds is 6. The molecule has 0 aromatic heterocycles. The highest BCUT2D eigenvalue weighted by molar-refractivity contribution is 5.98. The molecule has 0 aliphatic heterocycles. The molecule has 2 rings (SSSR count). The number of hydrogen-bond acceptors (Lipinski definition) is 5. The highest BCUT2D eigenvalue weighted by Gasteiger charge is 2.19. The van der Waals surface area contributed by atoms with E-state index in [1.54, 1.807) is 24.3 Å². The Bertz CT molecular complexity index is 794. The van der Waals surface area contributed by atoms with Crippen LogP contribution in [0, 0.1) is 11.3 Å². The highest BCUT2D eigenvalue weighted by Crippen LogP contribution is 2.34. The van der Waals surface area contributed by atoms with Crippen LogP contribution in [0.2, 0.25) is 0 Å². The molecule has 0 bridgehead atoms.